The minimum Gasteiger partial charge on any atom is -0.481 e. The number of carboxylic acid groups (broad SMARTS) is 1. The molecule has 0 unspecified atom stereocenters. The molecule has 0 aliphatic carbocycles. The number of rotatable bonds is 7. The molecular weight excluding hydrogens is 258 g/mol. The van der Waals surface area contributed by atoms with Crippen molar-refractivity contribution in [3.63, 3.8) is 0 Å². The average Bonchev–Trinajstić information content (AvgIpc) is 2.02. The third kappa shape index (κ3) is 12.7. The number of aliphatic carboxylic acids is 1. The summed E-state index contributed by atoms with van der Waals surface area (Å²) in [7, 11) is 0. The quantitative estimate of drug-likeness (QED) is 0.430. The average molecular weight is 274 g/mol. The molecule has 0 aromatic rings. The van der Waals surface area contributed by atoms with Crippen molar-refractivity contribution in [2.24, 2.45) is 0 Å². The first-order valence-electron chi connectivity index (χ1n) is 4.54. The molecule has 4 nitrogen and oxygen atoms in total. The summed E-state index contributed by atoms with van der Waals surface area (Å²) in [6.07, 6.45) is 3.56. The van der Waals surface area contributed by atoms with Gasteiger partial charge in [-0.05, 0) is 6.42 Å². The van der Waals surface area contributed by atoms with Gasteiger partial charge in [-0.1, -0.05) is 26.2 Å². The Labute approximate surface area is 133 Å². The fourth-order valence-corrected chi connectivity index (χ4v) is 0.889. The molecule has 1 N–H and O–H groups in total. The van der Waals surface area contributed by atoms with Crippen molar-refractivity contribution in [1.29, 1.82) is 0 Å². The third-order valence-corrected chi connectivity index (χ3v) is 1.56. The van der Waals surface area contributed by atoms with E-state index in [4.69, 9.17) is 5.11 Å². The molecule has 0 amide bonds. The van der Waals surface area contributed by atoms with Crippen LogP contribution in [0.5, 0.6) is 0 Å². The second kappa shape index (κ2) is 11.8. The van der Waals surface area contributed by atoms with Gasteiger partial charge in [0.15, 0.2) is 0 Å². The fraction of sp³-hybridized carbons (Fsp3) is 0.778. The van der Waals surface area contributed by atoms with Crippen molar-refractivity contribution in [3.05, 3.63) is 0 Å². The van der Waals surface area contributed by atoms with Gasteiger partial charge in [-0.15, -0.1) is 0 Å². The van der Waals surface area contributed by atoms with E-state index in [0.717, 1.165) is 25.7 Å². The number of hydrogen-bond donors (Lipinski definition) is 1. The van der Waals surface area contributed by atoms with Crippen molar-refractivity contribution >= 4 is 70.1 Å². The Balaban J connectivity index is 0. The molecule has 14 heavy (non-hydrogen) atoms. The summed E-state index contributed by atoms with van der Waals surface area (Å²) in [5, 5.41) is 8.22. The van der Waals surface area contributed by atoms with Crippen molar-refractivity contribution in [1.82, 2.24) is 0 Å². The standard InChI is InChI=1S/C9H16O4.Rb/c1-2-3-4-5-6-13-9(12)7-8(10)11;/h2-7H2,1H3,(H,10,11);. The van der Waals surface area contributed by atoms with Gasteiger partial charge in [0.2, 0.25) is 0 Å². The van der Waals surface area contributed by atoms with Crippen LogP contribution in [0.1, 0.15) is 39.0 Å². The van der Waals surface area contributed by atoms with Gasteiger partial charge >= 0.3 is 11.9 Å². The van der Waals surface area contributed by atoms with Crippen LogP contribution in [0, 0.1) is 0 Å². The third-order valence-electron chi connectivity index (χ3n) is 1.56. The van der Waals surface area contributed by atoms with E-state index in [0.29, 0.717) is 6.61 Å². The van der Waals surface area contributed by atoms with E-state index in [1.54, 1.807) is 0 Å². The van der Waals surface area contributed by atoms with Crippen LogP contribution >= 0.6 is 0 Å². The predicted octanol–water partition coefficient (Wildman–Crippen LogP) is 1.20. The van der Waals surface area contributed by atoms with Crippen LogP contribution in [-0.4, -0.2) is 81.8 Å². The smallest absolute Gasteiger partial charge is 0.317 e. The molecule has 0 spiro atoms. The van der Waals surface area contributed by atoms with E-state index in [1.165, 1.54) is 0 Å². The van der Waals surface area contributed by atoms with Crippen LogP contribution in [0.15, 0.2) is 0 Å². The topological polar surface area (TPSA) is 63.6 Å². The first-order valence-corrected chi connectivity index (χ1v) is 4.54. The van der Waals surface area contributed by atoms with Crippen LogP contribution in [0.25, 0.3) is 0 Å². The van der Waals surface area contributed by atoms with E-state index < -0.39 is 18.4 Å². The summed E-state index contributed by atoms with van der Waals surface area (Å²) in [5.41, 5.74) is 0. The second-order valence-electron chi connectivity index (χ2n) is 2.85. The van der Waals surface area contributed by atoms with Gasteiger partial charge in [0, 0.05) is 58.2 Å². The van der Waals surface area contributed by atoms with Gasteiger partial charge in [-0.25, -0.2) is 0 Å². The molecule has 0 fully saturated rings. The predicted molar refractivity (Wildman–Crippen MR) is 53.1 cm³/mol. The molecule has 0 bridgehead atoms. The fourth-order valence-electron chi connectivity index (χ4n) is 0.889. The van der Waals surface area contributed by atoms with Crippen LogP contribution < -0.4 is 0 Å². The van der Waals surface area contributed by atoms with E-state index in [2.05, 4.69) is 11.7 Å². The summed E-state index contributed by atoms with van der Waals surface area (Å²) in [6, 6.07) is 0. The first-order chi connectivity index (χ1) is 6.16. The molecule has 0 saturated heterocycles. The molecule has 0 aliphatic rings. The number of esters is 1. The van der Waals surface area contributed by atoms with Gasteiger partial charge < -0.3 is 9.84 Å². The molecule has 0 saturated carbocycles. The maximum atomic E-state index is 10.7. The Hall–Kier alpha value is 0.745. The number of carbonyl (C=O) groups is 2. The number of ether oxygens (including phenoxy) is 1. The summed E-state index contributed by atoms with van der Waals surface area (Å²) in [5.74, 6) is -1.79. The summed E-state index contributed by atoms with van der Waals surface area (Å²) < 4.78 is 4.68. The molecule has 0 aromatic heterocycles. The van der Waals surface area contributed by atoms with Crippen molar-refractivity contribution in [2.45, 2.75) is 39.0 Å². The molecule has 0 atom stereocenters. The molecule has 5 heteroatoms. The largest absolute Gasteiger partial charge is 0.481 e. The van der Waals surface area contributed by atoms with Crippen LogP contribution in [0.3, 0.4) is 0 Å². The molecule has 0 rings (SSSR count). The zero-order chi connectivity index (χ0) is 10.1. The minimum absolute atomic E-state index is 0. The monoisotopic (exact) mass is 273 g/mol. The SMILES string of the molecule is CCCCCCOC(=O)CC(=O)O.[Rb]. The van der Waals surface area contributed by atoms with Crippen LogP contribution in [-0.2, 0) is 14.3 Å². The minimum atomic E-state index is -1.14. The molecular formula is C9H16O4Rb. The van der Waals surface area contributed by atoms with Crippen molar-refractivity contribution in [2.75, 3.05) is 6.61 Å². The Bertz CT molecular complexity index is 170. The molecule has 1 radical (unpaired) electrons. The number of unbranched alkanes of at least 4 members (excludes halogenated alkanes) is 3. The van der Waals surface area contributed by atoms with Crippen molar-refractivity contribution in [3.8, 4) is 0 Å². The Kier molecular flexibility index (Phi) is 14.5. The zero-order valence-corrected chi connectivity index (χ0v) is 13.8. The Morgan fingerprint density at radius 3 is 2.36 bits per heavy atom. The normalized spacial score (nSPS) is 8.93. The summed E-state index contributed by atoms with van der Waals surface area (Å²) >= 11 is 0. The Morgan fingerprint density at radius 2 is 1.86 bits per heavy atom. The summed E-state index contributed by atoms with van der Waals surface area (Å²) in [4.78, 5) is 20.7. The molecule has 0 heterocycles. The van der Waals surface area contributed by atoms with Gasteiger partial charge in [-0.2, -0.15) is 0 Å². The van der Waals surface area contributed by atoms with E-state index in [1.807, 2.05) is 0 Å². The number of hydrogen-bond acceptors (Lipinski definition) is 3. The maximum absolute atomic E-state index is 10.7. The van der Waals surface area contributed by atoms with Gasteiger partial charge in [0.05, 0.1) is 6.61 Å². The number of carboxylic acids is 1. The van der Waals surface area contributed by atoms with Gasteiger partial charge in [0.1, 0.15) is 6.42 Å². The number of carbonyl (C=O) groups excluding carboxylic acids is 1. The molecule has 77 valence electrons. The van der Waals surface area contributed by atoms with E-state index >= 15 is 0 Å². The van der Waals surface area contributed by atoms with Crippen LogP contribution in [0.2, 0.25) is 0 Å². The molecule has 0 aromatic carbocycles. The van der Waals surface area contributed by atoms with Gasteiger partial charge in [0.25, 0.3) is 0 Å². The van der Waals surface area contributed by atoms with E-state index in [-0.39, 0.29) is 58.2 Å². The first kappa shape index (κ1) is 17.1. The van der Waals surface area contributed by atoms with Crippen LogP contribution in [0.4, 0.5) is 0 Å². The van der Waals surface area contributed by atoms with E-state index in [9.17, 15) is 9.59 Å². The summed E-state index contributed by atoms with van der Waals surface area (Å²) in [6.45, 7) is 2.43. The van der Waals surface area contributed by atoms with Gasteiger partial charge in [-0.3, -0.25) is 9.59 Å². The zero-order valence-electron chi connectivity index (χ0n) is 8.91. The second-order valence-corrected chi connectivity index (χ2v) is 2.85. The van der Waals surface area contributed by atoms with Crippen molar-refractivity contribution < 1.29 is 19.4 Å². The Morgan fingerprint density at radius 1 is 1.21 bits per heavy atom. The maximum Gasteiger partial charge on any atom is 0.317 e. The molecule has 0 aliphatic heterocycles.